The van der Waals surface area contributed by atoms with Crippen molar-refractivity contribution in [2.24, 2.45) is 11.8 Å². The SMILES string of the molecule is CCC(C)(C)[S-].CCC(C)(C)[S-].[CH2]C(C)C.[CH2]C(C)C.[Sn+2]. The van der Waals surface area contributed by atoms with E-state index in [1.807, 2.05) is 0 Å². The fourth-order valence-electron chi connectivity index (χ4n) is 0. The van der Waals surface area contributed by atoms with Crippen LogP contribution in [0.2, 0.25) is 0 Å². The largest absolute Gasteiger partial charge is 2.00 e. The first-order valence-corrected chi connectivity index (χ1v) is 8.47. The average molecular weight is 439 g/mol. The molecule has 0 aromatic carbocycles. The van der Waals surface area contributed by atoms with E-state index in [4.69, 9.17) is 25.3 Å². The van der Waals surface area contributed by atoms with Crippen molar-refractivity contribution in [1.29, 1.82) is 0 Å². The minimum atomic E-state index is 0. The number of hydrogen-bond donors (Lipinski definition) is 0. The fraction of sp³-hybridized carbons (Fsp3) is 0.889. The third-order valence-corrected chi connectivity index (χ3v) is 2.28. The zero-order valence-electron chi connectivity index (χ0n) is 16.3. The Bertz CT molecular complexity index is 140. The predicted molar refractivity (Wildman–Crippen MR) is 110 cm³/mol. The molecule has 0 unspecified atom stereocenters. The molecule has 0 aromatic heterocycles. The number of rotatable bonds is 2. The van der Waals surface area contributed by atoms with Crippen LogP contribution in [0, 0.1) is 25.7 Å². The van der Waals surface area contributed by atoms with E-state index >= 15 is 0 Å². The second-order valence-electron chi connectivity index (χ2n) is 7.01. The van der Waals surface area contributed by atoms with E-state index in [9.17, 15) is 0 Å². The van der Waals surface area contributed by atoms with E-state index in [1.54, 1.807) is 0 Å². The Morgan fingerprint density at radius 1 is 0.714 bits per heavy atom. The van der Waals surface area contributed by atoms with Gasteiger partial charge in [0.15, 0.2) is 0 Å². The first-order chi connectivity index (χ1) is 8.59. The van der Waals surface area contributed by atoms with Gasteiger partial charge < -0.3 is 25.3 Å². The molecule has 0 aliphatic carbocycles. The van der Waals surface area contributed by atoms with Gasteiger partial charge in [0.05, 0.1) is 0 Å². The van der Waals surface area contributed by atoms with Crippen molar-refractivity contribution in [1.82, 2.24) is 0 Å². The van der Waals surface area contributed by atoms with E-state index in [0.29, 0.717) is 11.8 Å². The average Bonchev–Trinajstić information content (AvgIpc) is 2.14. The van der Waals surface area contributed by atoms with Crippen molar-refractivity contribution in [3.8, 4) is 0 Å². The standard InChI is InChI=1S/2C5H12S.2C4H9.Sn/c2*1-4-5(2,3)6;2*1-4(2)3;/h2*6H,4H2,1-3H3;2*4H,1H2,2-3H3;/q;;;;+2/p-2. The zero-order chi connectivity index (χ0) is 17.6. The molecule has 0 bridgehead atoms. The summed E-state index contributed by atoms with van der Waals surface area (Å²) < 4.78 is 0.250. The normalized spacial score (nSPS) is 10.3. The summed E-state index contributed by atoms with van der Waals surface area (Å²) in [6, 6.07) is 0. The Labute approximate surface area is 165 Å². The van der Waals surface area contributed by atoms with Crippen LogP contribution in [-0.4, -0.2) is 33.4 Å². The molecule has 0 saturated heterocycles. The number of hydrogen-bond acceptors (Lipinski definition) is 2. The van der Waals surface area contributed by atoms with Gasteiger partial charge in [-0.25, -0.2) is 0 Å². The molecule has 0 aromatic rings. The molecule has 3 heteroatoms. The first kappa shape index (κ1) is 34.0. The molecule has 0 atom stereocenters. The maximum absolute atomic E-state index is 4.99. The maximum Gasteiger partial charge on any atom is 2.00 e. The van der Waals surface area contributed by atoms with Gasteiger partial charge in [-0.1, -0.05) is 95.9 Å². The van der Waals surface area contributed by atoms with Gasteiger partial charge in [0.1, 0.15) is 0 Å². The van der Waals surface area contributed by atoms with Gasteiger partial charge in [-0.15, -0.1) is 0 Å². The summed E-state index contributed by atoms with van der Waals surface area (Å²) in [6.45, 7) is 27.9. The zero-order valence-corrected chi connectivity index (χ0v) is 20.8. The van der Waals surface area contributed by atoms with Crippen molar-refractivity contribution >= 4 is 49.2 Å². The van der Waals surface area contributed by atoms with Crippen molar-refractivity contribution in [2.45, 2.75) is 91.6 Å². The van der Waals surface area contributed by atoms with Crippen LogP contribution in [0.4, 0.5) is 0 Å². The molecule has 0 nitrogen and oxygen atoms in total. The fourth-order valence-corrected chi connectivity index (χ4v) is 0. The quantitative estimate of drug-likeness (QED) is 0.382. The van der Waals surface area contributed by atoms with Crippen molar-refractivity contribution < 1.29 is 0 Å². The third-order valence-electron chi connectivity index (χ3n) is 1.70. The van der Waals surface area contributed by atoms with Crippen LogP contribution in [0.25, 0.3) is 0 Å². The summed E-state index contributed by atoms with van der Waals surface area (Å²) in [5, 5.41) is 0. The molecule has 0 N–H and O–H groups in total. The monoisotopic (exact) mass is 440 g/mol. The van der Waals surface area contributed by atoms with E-state index < -0.39 is 0 Å². The summed E-state index contributed by atoms with van der Waals surface area (Å²) in [5.41, 5.74) is 0. The van der Waals surface area contributed by atoms with Crippen LogP contribution >= 0.6 is 0 Å². The van der Waals surface area contributed by atoms with E-state index in [0.717, 1.165) is 12.8 Å². The Morgan fingerprint density at radius 3 is 0.762 bits per heavy atom. The summed E-state index contributed by atoms with van der Waals surface area (Å²) in [6.07, 6.45) is 2.17. The van der Waals surface area contributed by atoms with Crippen LogP contribution in [0.3, 0.4) is 0 Å². The van der Waals surface area contributed by atoms with Crippen LogP contribution in [-0.2, 0) is 25.3 Å². The molecule has 0 fully saturated rings. The molecule has 0 saturated carbocycles. The van der Waals surface area contributed by atoms with Crippen LogP contribution < -0.4 is 0 Å². The van der Waals surface area contributed by atoms with E-state index in [2.05, 4.69) is 83.1 Å². The van der Waals surface area contributed by atoms with Gasteiger partial charge in [-0.3, -0.25) is 0 Å². The molecule has 0 rings (SSSR count). The maximum atomic E-state index is 4.99. The van der Waals surface area contributed by atoms with Gasteiger partial charge in [0.25, 0.3) is 0 Å². The summed E-state index contributed by atoms with van der Waals surface area (Å²) >= 11 is 9.97. The topological polar surface area (TPSA) is 0 Å². The van der Waals surface area contributed by atoms with Gasteiger partial charge >= 0.3 is 23.9 Å². The van der Waals surface area contributed by atoms with E-state index in [1.165, 1.54) is 0 Å². The smallest absolute Gasteiger partial charge is 0.786 e. The third kappa shape index (κ3) is 145. The molecule has 128 valence electrons. The molecule has 0 aliphatic heterocycles. The summed E-state index contributed by atoms with van der Waals surface area (Å²) in [5.74, 6) is 1.17. The van der Waals surface area contributed by atoms with E-state index in [-0.39, 0.29) is 33.4 Å². The second kappa shape index (κ2) is 19.5. The minimum absolute atomic E-state index is 0. The predicted octanol–water partition coefficient (Wildman–Crippen LogP) is 6.02. The van der Waals surface area contributed by atoms with Crippen molar-refractivity contribution in [2.75, 3.05) is 0 Å². The Balaban J connectivity index is -0.0000000544. The van der Waals surface area contributed by atoms with Crippen molar-refractivity contribution in [3.05, 3.63) is 13.8 Å². The van der Waals surface area contributed by atoms with Crippen LogP contribution in [0.1, 0.15) is 82.1 Å². The Kier molecular flexibility index (Phi) is 31.6. The van der Waals surface area contributed by atoms with Crippen LogP contribution in [0.15, 0.2) is 0 Å². The minimum Gasteiger partial charge on any atom is -0.786 e. The second-order valence-corrected chi connectivity index (χ2v) is 9.22. The summed E-state index contributed by atoms with van der Waals surface area (Å²) in [7, 11) is 0. The van der Waals surface area contributed by atoms with Gasteiger partial charge in [0, 0.05) is 0 Å². The molecule has 21 heavy (non-hydrogen) atoms. The van der Waals surface area contributed by atoms with Gasteiger partial charge in [-0.05, 0) is 11.8 Å². The van der Waals surface area contributed by atoms with Crippen LogP contribution in [0.5, 0.6) is 0 Å². The van der Waals surface area contributed by atoms with Crippen molar-refractivity contribution in [3.63, 3.8) is 0 Å². The Morgan fingerprint density at radius 2 is 0.762 bits per heavy atom. The summed E-state index contributed by atoms with van der Waals surface area (Å²) in [4.78, 5) is 0. The van der Waals surface area contributed by atoms with Gasteiger partial charge in [0.2, 0.25) is 0 Å². The molecule has 0 aliphatic rings. The molecule has 0 heterocycles. The molecular formula is C18H40S2Sn. The molecular weight excluding hydrogens is 399 g/mol. The molecule has 0 amide bonds. The Hall–Kier alpha value is 1.50. The first-order valence-electron chi connectivity index (χ1n) is 7.66. The van der Waals surface area contributed by atoms with Gasteiger partial charge in [-0.2, -0.15) is 9.49 Å². The molecule has 4 radical (unpaired) electrons. The molecule has 0 spiro atoms.